The van der Waals surface area contributed by atoms with Crippen LogP contribution in [0.2, 0.25) is 0 Å². The van der Waals surface area contributed by atoms with Crippen molar-refractivity contribution in [1.82, 2.24) is 14.8 Å². The molecule has 0 spiro atoms. The average Bonchev–Trinajstić information content (AvgIpc) is 3.42. The van der Waals surface area contributed by atoms with E-state index in [1.54, 1.807) is 10.7 Å². The Labute approximate surface area is 176 Å². The first-order valence-corrected chi connectivity index (χ1v) is 10.1. The van der Waals surface area contributed by atoms with Gasteiger partial charge in [0.05, 0.1) is 15.9 Å². The third kappa shape index (κ3) is 3.55. The van der Waals surface area contributed by atoms with Crippen LogP contribution in [-0.2, 0) is 4.79 Å². The van der Waals surface area contributed by atoms with E-state index in [1.165, 1.54) is 11.3 Å². The molecule has 4 aromatic rings. The zero-order valence-corrected chi connectivity index (χ0v) is 17.2. The monoisotopic (exact) mass is 422 g/mol. The number of hydrogen-bond acceptors (Lipinski definition) is 7. The van der Waals surface area contributed by atoms with E-state index in [1.807, 2.05) is 50.2 Å². The zero-order valence-electron chi connectivity index (χ0n) is 16.3. The van der Waals surface area contributed by atoms with Gasteiger partial charge in [0.15, 0.2) is 18.1 Å². The normalized spacial score (nSPS) is 12.3. The van der Waals surface area contributed by atoms with Crippen LogP contribution in [0.4, 0.5) is 5.82 Å². The Bertz CT molecular complexity index is 1220. The molecular weight excluding hydrogens is 404 g/mol. The number of ether oxygens (including phenoxy) is 3. The molecule has 9 heteroatoms. The van der Waals surface area contributed by atoms with E-state index in [4.69, 9.17) is 14.2 Å². The van der Waals surface area contributed by atoms with Crippen molar-refractivity contribution in [3.8, 4) is 22.4 Å². The number of anilines is 1. The summed E-state index contributed by atoms with van der Waals surface area (Å²) in [6.45, 7) is 3.95. The molecule has 8 nitrogen and oxygen atoms in total. The second-order valence-corrected chi connectivity index (χ2v) is 7.91. The first-order valence-electron chi connectivity index (χ1n) is 9.32. The molecule has 2 aromatic heterocycles. The summed E-state index contributed by atoms with van der Waals surface area (Å²) in [6, 6.07) is 13.1. The summed E-state index contributed by atoms with van der Waals surface area (Å²) < 4.78 is 19.0. The van der Waals surface area contributed by atoms with Gasteiger partial charge in [0, 0.05) is 18.2 Å². The number of thiazole rings is 1. The lowest BCUT2D eigenvalue weighted by molar-refractivity contribution is -0.118. The van der Waals surface area contributed by atoms with Crippen molar-refractivity contribution in [2.45, 2.75) is 13.8 Å². The van der Waals surface area contributed by atoms with Gasteiger partial charge in [-0.1, -0.05) is 23.5 Å². The van der Waals surface area contributed by atoms with Gasteiger partial charge in [-0.25, -0.2) is 4.98 Å². The molecule has 1 aliphatic heterocycles. The molecule has 1 aliphatic rings. The third-order valence-corrected chi connectivity index (χ3v) is 5.50. The van der Waals surface area contributed by atoms with Crippen LogP contribution in [0.3, 0.4) is 0 Å². The number of nitrogens with one attached hydrogen (secondary N) is 1. The molecular formula is C21H18N4O4S. The third-order valence-electron chi connectivity index (χ3n) is 4.51. The smallest absolute Gasteiger partial charge is 0.263 e. The van der Waals surface area contributed by atoms with Crippen LogP contribution in [0.25, 0.3) is 15.3 Å². The molecule has 0 unspecified atom stereocenters. The van der Waals surface area contributed by atoms with Gasteiger partial charge in [-0.05, 0) is 31.5 Å². The molecule has 5 rings (SSSR count). The number of hydrogen-bond donors (Lipinski definition) is 1. The number of aryl methyl sites for hydroxylation is 2. The molecule has 152 valence electrons. The molecule has 0 bridgehead atoms. The number of carbonyl (C=O) groups is 1. The molecule has 3 heterocycles. The van der Waals surface area contributed by atoms with Gasteiger partial charge >= 0.3 is 0 Å². The van der Waals surface area contributed by atoms with Crippen LogP contribution in [0.5, 0.6) is 17.2 Å². The Morgan fingerprint density at radius 2 is 2.03 bits per heavy atom. The zero-order chi connectivity index (χ0) is 20.7. The maximum absolute atomic E-state index is 12.4. The first-order chi connectivity index (χ1) is 14.5. The van der Waals surface area contributed by atoms with Crippen molar-refractivity contribution in [3.05, 3.63) is 53.7 Å². The van der Waals surface area contributed by atoms with E-state index < -0.39 is 0 Å². The number of nitrogens with zero attached hydrogens (tertiary/aromatic N) is 3. The fourth-order valence-corrected chi connectivity index (χ4v) is 4.11. The van der Waals surface area contributed by atoms with Gasteiger partial charge in [-0.2, -0.15) is 9.78 Å². The molecule has 0 aliphatic carbocycles. The Morgan fingerprint density at radius 3 is 2.87 bits per heavy atom. The number of benzene rings is 2. The molecule has 1 N–H and O–H groups in total. The summed E-state index contributed by atoms with van der Waals surface area (Å²) in [6.07, 6.45) is 0. The van der Waals surface area contributed by atoms with Gasteiger partial charge < -0.3 is 19.5 Å². The maximum Gasteiger partial charge on any atom is 0.263 e. The minimum Gasteiger partial charge on any atom is -0.484 e. The summed E-state index contributed by atoms with van der Waals surface area (Å²) in [7, 11) is 0. The average molecular weight is 422 g/mol. The number of carbonyl (C=O) groups excluding carboxylic acids is 1. The van der Waals surface area contributed by atoms with Crippen LogP contribution in [0.15, 0.2) is 42.5 Å². The van der Waals surface area contributed by atoms with Gasteiger partial charge in [-0.15, -0.1) is 0 Å². The molecule has 2 aromatic carbocycles. The van der Waals surface area contributed by atoms with Gasteiger partial charge in [-0.3, -0.25) is 4.79 Å². The lowest BCUT2D eigenvalue weighted by Crippen LogP contribution is -2.21. The van der Waals surface area contributed by atoms with Crippen LogP contribution in [0, 0.1) is 13.8 Å². The van der Waals surface area contributed by atoms with Gasteiger partial charge in [0.25, 0.3) is 5.91 Å². The quantitative estimate of drug-likeness (QED) is 0.526. The highest BCUT2D eigenvalue weighted by Gasteiger charge is 2.19. The highest BCUT2D eigenvalue weighted by atomic mass is 32.1. The van der Waals surface area contributed by atoms with Crippen molar-refractivity contribution >= 4 is 33.3 Å². The highest BCUT2D eigenvalue weighted by Crippen LogP contribution is 2.38. The number of rotatable bonds is 5. The lowest BCUT2D eigenvalue weighted by atomic mass is 10.2. The molecule has 1 amide bonds. The molecule has 0 saturated heterocycles. The Morgan fingerprint density at radius 1 is 1.20 bits per heavy atom. The van der Waals surface area contributed by atoms with E-state index in [-0.39, 0.29) is 19.3 Å². The van der Waals surface area contributed by atoms with E-state index in [0.717, 1.165) is 21.5 Å². The molecule has 0 fully saturated rings. The predicted molar refractivity (Wildman–Crippen MR) is 113 cm³/mol. The first kappa shape index (κ1) is 18.4. The molecule has 0 atom stereocenters. The van der Waals surface area contributed by atoms with E-state index in [2.05, 4.69) is 15.4 Å². The molecule has 0 radical (unpaired) electrons. The molecule has 0 saturated carbocycles. The SMILES string of the molecule is Cc1cccc(OCC(=O)Nc2cc(C)nn2-c2nc3cc4c(cc3s2)OCO4)c1. The maximum atomic E-state index is 12.4. The van der Waals surface area contributed by atoms with Crippen LogP contribution in [-0.4, -0.2) is 34.1 Å². The number of amides is 1. The predicted octanol–water partition coefficient (Wildman–Crippen LogP) is 3.85. The molecule has 30 heavy (non-hydrogen) atoms. The van der Waals surface area contributed by atoms with Crippen molar-refractivity contribution < 1.29 is 19.0 Å². The lowest BCUT2D eigenvalue weighted by Gasteiger charge is -2.08. The van der Waals surface area contributed by atoms with E-state index >= 15 is 0 Å². The minimum atomic E-state index is -0.278. The summed E-state index contributed by atoms with van der Waals surface area (Å²) >= 11 is 1.45. The highest BCUT2D eigenvalue weighted by molar-refractivity contribution is 7.20. The van der Waals surface area contributed by atoms with Crippen LogP contribution >= 0.6 is 11.3 Å². The fraction of sp³-hybridized carbons (Fsp3) is 0.190. The Kier molecular flexibility index (Phi) is 4.51. The Balaban J connectivity index is 1.36. The summed E-state index contributed by atoms with van der Waals surface area (Å²) in [5.74, 6) is 2.29. The minimum absolute atomic E-state index is 0.102. The van der Waals surface area contributed by atoms with E-state index in [9.17, 15) is 4.79 Å². The summed E-state index contributed by atoms with van der Waals surface area (Å²) in [5, 5.41) is 7.98. The Hall–Kier alpha value is -3.59. The standard InChI is InChI=1S/C21H18N4O4S/c1-12-4-3-5-14(6-12)27-10-20(26)23-19-7-13(2)24-25(19)21-22-15-8-16-17(29-11-28-16)9-18(15)30-21/h3-9H,10-11H2,1-2H3,(H,23,26). The van der Waals surface area contributed by atoms with Crippen LogP contribution in [0.1, 0.15) is 11.3 Å². The summed E-state index contributed by atoms with van der Waals surface area (Å²) in [5.41, 5.74) is 2.62. The van der Waals surface area contributed by atoms with Gasteiger partial charge in [0.2, 0.25) is 11.9 Å². The largest absolute Gasteiger partial charge is 0.484 e. The second kappa shape index (κ2) is 7.34. The van der Waals surface area contributed by atoms with E-state index in [0.29, 0.717) is 28.2 Å². The topological polar surface area (TPSA) is 87.5 Å². The van der Waals surface area contributed by atoms with Crippen molar-refractivity contribution in [2.24, 2.45) is 0 Å². The van der Waals surface area contributed by atoms with Crippen molar-refractivity contribution in [2.75, 3.05) is 18.7 Å². The summed E-state index contributed by atoms with van der Waals surface area (Å²) in [4.78, 5) is 17.1. The van der Waals surface area contributed by atoms with Gasteiger partial charge in [0.1, 0.15) is 11.6 Å². The van der Waals surface area contributed by atoms with Crippen molar-refractivity contribution in [3.63, 3.8) is 0 Å². The second-order valence-electron chi connectivity index (χ2n) is 6.91. The fourth-order valence-electron chi connectivity index (χ4n) is 3.16. The number of aromatic nitrogens is 3. The van der Waals surface area contributed by atoms with Crippen LogP contribution < -0.4 is 19.5 Å². The number of fused-ring (bicyclic) bond motifs is 2. The van der Waals surface area contributed by atoms with Crippen molar-refractivity contribution in [1.29, 1.82) is 0 Å².